The number of fused-ring (bicyclic) bond motifs is 1. The van der Waals surface area contributed by atoms with Crippen LogP contribution in [0.3, 0.4) is 0 Å². The molecule has 2 aromatic heterocycles. The van der Waals surface area contributed by atoms with E-state index in [2.05, 4.69) is 30.2 Å². The fraction of sp³-hybridized carbons (Fsp3) is 0.222. The van der Waals surface area contributed by atoms with E-state index in [0.717, 1.165) is 5.69 Å². The molecule has 0 aromatic carbocycles. The van der Waals surface area contributed by atoms with Gasteiger partial charge >= 0.3 is 0 Å². The second-order valence-corrected chi connectivity index (χ2v) is 2.79. The second kappa shape index (κ2) is 2.09. The van der Waals surface area contributed by atoms with Gasteiger partial charge in [0.25, 0.3) is 0 Å². The van der Waals surface area contributed by atoms with Crippen molar-refractivity contribution in [3.63, 3.8) is 0 Å². The summed E-state index contributed by atoms with van der Waals surface area (Å²) in [5.41, 5.74) is 3.41. The minimum absolute atomic E-state index is 1.07. The predicted molar refractivity (Wildman–Crippen MR) is 44.7 cm³/mol. The summed E-state index contributed by atoms with van der Waals surface area (Å²) in [6.07, 6.45) is 0. The van der Waals surface area contributed by atoms with Gasteiger partial charge in [-0.25, -0.2) is 4.52 Å². The van der Waals surface area contributed by atoms with Crippen molar-refractivity contribution in [1.29, 1.82) is 0 Å². The Bertz CT molecular complexity index is 387. The zero-order valence-corrected chi connectivity index (χ0v) is 6.70. The second-order valence-electron chi connectivity index (χ2n) is 2.79. The Morgan fingerprint density at radius 1 is 1.27 bits per heavy atom. The van der Waals surface area contributed by atoms with Crippen molar-refractivity contribution in [2.24, 2.45) is 0 Å². The molecule has 2 heteroatoms. The molecule has 2 nitrogen and oxygen atoms in total. The molecule has 0 bridgehead atoms. The summed E-state index contributed by atoms with van der Waals surface area (Å²) in [6, 6.07) is 8.24. The Hall–Kier alpha value is -1.31. The van der Waals surface area contributed by atoms with E-state index in [0.29, 0.717) is 0 Å². The van der Waals surface area contributed by atoms with Crippen LogP contribution in [0, 0.1) is 13.8 Å². The maximum Gasteiger partial charge on any atom is 0.0667 e. The first kappa shape index (κ1) is 6.40. The standard InChI is InChI=1S/C9H10N2/c1-7-6-9-5-3-4-8(2)11(9)10-7/h3-6H,1-2H3. The lowest BCUT2D eigenvalue weighted by Crippen LogP contribution is -1.91. The van der Waals surface area contributed by atoms with Crippen molar-refractivity contribution >= 4 is 5.52 Å². The molecule has 0 radical (unpaired) electrons. The van der Waals surface area contributed by atoms with Gasteiger partial charge in [0, 0.05) is 5.69 Å². The van der Waals surface area contributed by atoms with Crippen LogP contribution in [-0.4, -0.2) is 9.61 Å². The molecule has 0 saturated carbocycles. The Labute approximate surface area is 65.5 Å². The topological polar surface area (TPSA) is 17.3 Å². The number of aromatic nitrogens is 2. The van der Waals surface area contributed by atoms with Crippen molar-refractivity contribution in [1.82, 2.24) is 9.61 Å². The van der Waals surface area contributed by atoms with Crippen LogP contribution in [0.5, 0.6) is 0 Å². The fourth-order valence-electron chi connectivity index (χ4n) is 1.28. The lowest BCUT2D eigenvalue weighted by atomic mass is 10.3. The molecule has 0 amide bonds. The summed E-state index contributed by atoms with van der Waals surface area (Å²) >= 11 is 0. The smallest absolute Gasteiger partial charge is 0.0667 e. The van der Waals surface area contributed by atoms with Crippen LogP contribution in [0.4, 0.5) is 0 Å². The molecular weight excluding hydrogens is 136 g/mol. The lowest BCUT2D eigenvalue weighted by Gasteiger charge is -1.95. The molecule has 0 unspecified atom stereocenters. The van der Waals surface area contributed by atoms with Gasteiger partial charge in [-0.1, -0.05) is 6.07 Å². The highest BCUT2D eigenvalue weighted by atomic mass is 15.2. The quantitative estimate of drug-likeness (QED) is 0.555. The number of aryl methyl sites for hydroxylation is 2. The number of nitrogens with zero attached hydrogens (tertiary/aromatic N) is 2. The van der Waals surface area contributed by atoms with E-state index in [-0.39, 0.29) is 0 Å². The summed E-state index contributed by atoms with van der Waals surface area (Å²) < 4.78 is 1.95. The van der Waals surface area contributed by atoms with Crippen LogP contribution in [0.15, 0.2) is 24.3 Å². The first-order chi connectivity index (χ1) is 5.27. The molecule has 2 rings (SSSR count). The van der Waals surface area contributed by atoms with E-state index >= 15 is 0 Å². The van der Waals surface area contributed by atoms with Crippen LogP contribution in [0.25, 0.3) is 5.52 Å². The third kappa shape index (κ3) is 0.909. The van der Waals surface area contributed by atoms with E-state index in [4.69, 9.17) is 0 Å². The van der Waals surface area contributed by atoms with Crippen molar-refractivity contribution in [2.75, 3.05) is 0 Å². The highest BCUT2D eigenvalue weighted by Crippen LogP contribution is 2.07. The lowest BCUT2D eigenvalue weighted by molar-refractivity contribution is 0.894. The van der Waals surface area contributed by atoms with Crippen LogP contribution in [0.2, 0.25) is 0 Å². The minimum atomic E-state index is 1.07. The Morgan fingerprint density at radius 3 is 2.82 bits per heavy atom. The molecule has 0 fully saturated rings. The van der Waals surface area contributed by atoms with Crippen LogP contribution in [-0.2, 0) is 0 Å². The third-order valence-corrected chi connectivity index (χ3v) is 1.80. The summed E-state index contributed by atoms with van der Waals surface area (Å²) in [7, 11) is 0. The zero-order valence-electron chi connectivity index (χ0n) is 6.70. The molecule has 0 atom stereocenters. The predicted octanol–water partition coefficient (Wildman–Crippen LogP) is 1.95. The zero-order chi connectivity index (χ0) is 7.84. The Morgan fingerprint density at radius 2 is 2.09 bits per heavy atom. The number of hydrogen-bond donors (Lipinski definition) is 0. The monoisotopic (exact) mass is 146 g/mol. The Kier molecular flexibility index (Phi) is 1.22. The molecule has 0 aliphatic rings. The van der Waals surface area contributed by atoms with E-state index in [1.54, 1.807) is 0 Å². The van der Waals surface area contributed by atoms with Gasteiger partial charge in [0.15, 0.2) is 0 Å². The maximum absolute atomic E-state index is 4.33. The highest BCUT2D eigenvalue weighted by Gasteiger charge is 1.96. The molecule has 0 saturated heterocycles. The number of rotatable bonds is 0. The van der Waals surface area contributed by atoms with Crippen molar-refractivity contribution in [3.05, 3.63) is 35.7 Å². The molecule has 0 spiro atoms. The normalized spacial score (nSPS) is 10.7. The van der Waals surface area contributed by atoms with Gasteiger partial charge in [-0.3, -0.25) is 0 Å². The van der Waals surface area contributed by atoms with Gasteiger partial charge in [-0.2, -0.15) is 5.10 Å². The van der Waals surface area contributed by atoms with E-state index < -0.39 is 0 Å². The summed E-state index contributed by atoms with van der Waals surface area (Å²) in [6.45, 7) is 4.06. The molecule has 2 heterocycles. The largest absolute Gasteiger partial charge is 0.238 e. The first-order valence-electron chi connectivity index (χ1n) is 3.69. The molecular formula is C9H10N2. The summed E-state index contributed by atoms with van der Waals surface area (Å²) in [5, 5.41) is 4.33. The van der Waals surface area contributed by atoms with Crippen LogP contribution < -0.4 is 0 Å². The summed E-state index contributed by atoms with van der Waals surface area (Å²) in [5.74, 6) is 0. The highest BCUT2D eigenvalue weighted by molar-refractivity contribution is 5.48. The average Bonchev–Trinajstić information content (AvgIpc) is 2.31. The van der Waals surface area contributed by atoms with Gasteiger partial charge in [0.2, 0.25) is 0 Å². The molecule has 56 valence electrons. The molecule has 11 heavy (non-hydrogen) atoms. The molecule has 0 aliphatic carbocycles. The average molecular weight is 146 g/mol. The summed E-state index contributed by atoms with van der Waals surface area (Å²) in [4.78, 5) is 0. The number of pyridine rings is 1. The number of hydrogen-bond acceptors (Lipinski definition) is 1. The van der Waals surface area contributed by atoms with Gasteiger partial charge < -0.3 is 0 Å². The molecule has 0 N–H and O–H groups in total. The van der Waals surface area contributed by atoms with Crippen LogP contribution >= 0.6 is 0 Å². The fourth-order valence-corrected chi connectivity index (χ4v) is 1.28. The van der Waals surface area contributed by atoms with E-state index in [9.17, 15) is 0 Å². The molecule has 2 aromatic rings. The van der Waals surface area contributed by atoms with Crippen molar-refractivity contribution in [3.8, 4) is 0 Å². The van der Waals surface area contributed by atoms with E-state index in [1.807, 2.05) is 17.5 Å². The van der Waals surface area contributed by atoms with Gasteiger partial charge in [-0.15, -0.1) is 0 Å². The van der Waals surface area contributed by atoms with Gasteiger partial charge in [-0.05, 0) is 32.0 Å². The van der Waals surface area contributed by atoms with Crippen LogP contribution in [0.1, 0.15) is 11.4 Å². The van der Waals surface area contributed by atoms with Gasteiger partial charge in [0.05, 0.1) is 11.2 Å². The SMILES string of the molecule is Cc1cc2cccc(C)n2n1. The Balaban J connectivity index is 2.90. The van der Waals surface area contributed by atoms with Crippen molar-refractivity contribution < 1.29 is 0 Å². The maximum atomic E-state index is 4.33. The minimum Gasteiger partial charge on any atom is -0.238 e. The van der Waals surface area contributed by atoms with Gasteiger partial charge in [0.1, 0.15) is 0 Å². The molecule has 0 aliphatic heterocycles. The third-order valence-electron chi connectivity index (χ3n) is 1.80. The van der Waals surface area contributed by atoms with Crippen molar-refractivity contribution in [2.45, 2.75) is 13.8 Å². The first-order valence-corrected chi connectivity index (χ1v) is 3.69. The van der Waals surface area contributed by atoms with E-state index in [1.165, 1.54) is 11.2 Å².